The second-order valence-corrected chi connectivity index (χ2v) is 7.66. The lowest BCUT2D eigenvalue weighted by molar-refractivity contribution is 0.419. The van der Waals surface area contributed by atoms with E-state index in [1.165, 1.54) is 6.07 Å². The standard InChI is InChI=1S/C25H23FN6O/c1-17-14-20-23(33-2)9-8-21(26)25(20)31(17)13-11-27-24-15-22(28-16-29-24)18-4-6-19(7-5-18)32-12-3-10-30-32/h3-10,12,14-16H,11,13H2,1-2H3,(H,27,28,29). The van der Waals surface area contributed by atoms with Crippen molar-refractivity contribution in [3.63, 3.8) is 0 Å². The molecule has 33 heavy (non-hydrogen) atoms. The largest absolute Gasteiger partial charge is 0.496 e. The molecule has 0 atom stereocenters. The van der Waals surface area contributed by atoms with Gasteiger partial charge in [0.2, 0.25) is 0 Å². The first-order chi connectivity index (χ1) is 16.1. The topological polar surface area (TPSA) is 69.8 Å². The fraction of sp³-hybridized carbons (Fsp3) is 0.160. The Morgan fingerprint density at radius 2 is 1.91 bits per heavy atom. The summed E-state index contributed by atoms with van der Waals surface area (Å²) in [6.07, 6.45) is 5.19. The molecule has 0 aliphatic carbocycles. The molecule has 0 aliphatic rings. The van der Waals surface area contributed by atoms with Crippen molar-refractivity contribution in [3.8, 4) is 22.7 Å². The quantitative estimate of drug-likeness (QED) is 0.390. The highest BCUT2D eigenvalue weighted by Crippen LogP contribution is 2.30. The molecule has 8 heteroatoms. The molecule has 5 rings (SSSR count). The number of halogens is 1. The third-order valence-corrected chi connectivity index (χ3v) is 5.64. The zero-order valence-corrected chi connectivity index (χ0v) is 18.4. The van der Waals surface area contributed by atoms with Gasteiger partial charge in [0.1, 0.15) is 23.7 Å². The Hall–Kier alpha value is -4.20. The van der Waals surface area contributed by atoms with Crippen LogP contribution in [0.2, 0.25) is 0 Å². The molecule has 166 valence electrons. The maximum absolute atomic E-state index is 14.6. The average Bonchev–Trinajstić information content (AvgIpc) is 3.49. The normalized spacial score (nSPS) is 11.1. The molecule has 0 spiro atoms. The summed E-state index contributed by atoms with van der Waals surface area (Å²) < 4.78 is 23.7. The van der Waals surface area contributed by atoms with E-state index >= 15 is 0 Å². The Morgan fingerprint density at radius 1 is 1.06 bits per heavy atom. The van der Waals surface area contributed by atoms with Crippen molar-refractivity contribution < 1.29 is 9.13 Å². The molecular weight excluding hydrogens is 419 g/mol. The first-order valence-corrected chi connectivity index (χ1v) is 10.6. The number of anilines is 1. The number of hydrogen-bond acceptors (Lipinski definition) is 5. The van der Waals surface area contributed by atoms with Gasteiger partial charge in [-0.2, -0.15) is 5.10 Å². The number of hydrogen-bond donors (Lipinski definition) is 1. The van der Waals surface area contributed by atoms with Gasteiger partial charge in [-0.05, 0) is 43.3 Å². The molecule has 3 aromatic heterocycles. The van der Waals surface area contributed by atoms with Crippen molar-refractivity contribution in [1.82, 2.24) is 24.3 Å². The summed E-state index contributed by atoms with van der Waals surface area (Å²) in [4.78, 5) is 8.74. The van der Waals surface area contributed by atoms with E-state index < -0.39 is 0 Å². The van der Waals surface area contributed by atoms with E-state index in [0.29, 0.717) is 30.2 Å². The molecule has 0 amide bonds. The van der Waals surface area contributed by atoms with Crippen LogP contribution < -0.4 is 10.1 Å². The first-order valence-electron chi connectivity index (χ1n) is 10.6. The lowest BCUT2D eigenvalue weighted by atomic mass is 10.1. The van der Waals surface area contributed by atoms with Crippen molar-refractivity contribution in [2.24, 2.45) is 0 Å². The van der Waals surface area contributed by atoms with Gasteiger partial charge in [0, 0.05) is 48.2 Å². The molecule has 0 saturated heterocycles. The Balaban J connectivity index is 1.31. The summed E-state index contributed by atoms with van der Waals surface area (Å²) in [5.41, 5.74) is 4.30. The molecule has 0 fully saturated rings. The van der Waals surface area contributed by atoms with Crippen LogP contribution in [0.1, 0.15) is 5.69 Å². The van der Waals surface area contributed by atoms with Crippen LogP contribution in [-0.2, 0) is 6.54 Å². The number of benzene rings is 2. The predicted molar refractivity (Wildman–Crippen MR) is 126 cm³/mol. The summed E-state index contributed by atoms with van der Waals surface area (Å²) >= 11 is 0. The van der Waals surface area contributed by atoms with Gasteiger partial charge in [-0.15, -0.1) is 0 Å². The van der Waals surface area contributed by atoms with Crippen molar-refractivity contribution in [3.05, 3.63) is 84.8 Å². The number of rotatable bonds is 7. The van der Waals surface area contributed by atoms with Gasteiger partial charge in [0.15, 0.2) is 0 Å². The van der Waals surface area contributed by atoms with Crippen LogP contribution in [0.5, 0.6) is 5.75 Å². The van der Waals surface area contributed by atoms with Crippen LogP contribution >= 0.6 is 0 Å². The Kier molecular flexibility index (Phi) is 5.48. The van der Waals surface area contributed by atoms with Gasteiger partial charge in [-0.3, -0.25) is 0 Å². The molecule has 0 unspecified atom stereocenters. The number of ether oxygens (including phenoxy) is 1. The fourth-order valence-electron chi connectivity index (χ4n) is 4.02. The van der Waals surface area contributed by atoms with E-state index in [1.807, 2.05) is 64.8 Å². The van der Waals surface area contributed by atoms with Crippen molar-refractivity contribution >= 4 is 16.7 Å². The highest BCUT2D eigenvalue weighted by molar-refractivity contribution is 5.88. The lowest BCUT2D eigenvalue weighted by Gasteiger charge is -2.12. The zero-order valence-electron chi connectivity index (χ0n) is 18.4. The number of methoxy groups -OCH3 is 1. The van der Waals surface area contributed by atoms with Gasteiger partial charge in [-0.25, -0.2) is 19.0 Å². The number of nitrogens with one attached hydrogen (secondary N) is 1. The summed E-state index contributed by atoms with van der Waals surface area (Å²) in [5, 5.41) is 8.35. The summed E-state index contributed by atoms with van der Waals surface area (Å²) in [5.74, 6) is 1.12. The Morgan fingerprint density at radius 3 is 2.67 bits per heavy atom. The van der Waals surface area contributed by atoms with E-state index in [9.17, 15) is 4.39 Å². The molecule has 1 N–H and O–H groups in total. The van der Waals surface area contributed by atoms with Crippen molar-refractivity contribution in [2.45, 2.75) is 13.5 Å². The Labute approximate surface area is 190 Å². The second kappa shape index (κ2) is 8.74. The van der Waals surface area contributed by atoms with E-state index in [1.54, 1.807) is 25.7 Å². The third-order valence-electron chi connectivity index (χ3n) is 5.64. The first kappa shape index (κ1) is 20.7. The van der Waals surface area contributed by atoms with Gasteiger partial charge < -0.3 is 14.6 Å². The van der Waals surface area contributed by atoms with Gasteiger partial charge in [0.25, 0.3) is 0 Å². The zero-order chi connectivity index (χ0) is 22.8. The van der Waals surface area contributed by atoms with E-state index in [2.05, 4.69) is 20.4 Å². The average molecular weight is 442 g/mol. The van der Waals surface area contributed by atoms with E-state index in [0.717, 1.165) is 28.0 Å². The molecule has 0 radical (unpaired) electrons. The highest BCUT2D eigenvalue weighted by Gasteiger charge is 2.14. The number of aromatic nitrogens is 5. The summed E-state index contributed by atoms with van der Waals surface area (Å²) in [7, 11) is 1.60. The maximum atomic E-state index is 14.6. The minimum absolute atomic E-state index is 0.262. The molecule has 3 heterocycles. The number of nitrogens with zero attached hydrogens (tertiary/aromatic N) is 5. The van der Waals surface area contributed by atoms with Crippen LogP contribution in [0.4, 0.5) is 10.2 Å². The molecule has 7 nitrogen and oxygen atoms in total. The van der Waals surface area contributed by atoms with Crippen molar-refractivity contribution in [2.75, 3.05) is 19.0 Å². The highest BCUT2D eigenvalue weighted by atomic mass is 19.1. The molecule has 5 aromatic rings. The minimum Gasteiger partial charge on any atom is -0.496 e. The molecular formula is C25H23FN6O. The van der Waals surface area contributed by atoms with Crippen LogP contribution in [0.3, 0.4) is 0 Å². The molecule has 0 saturated carbocycles. The third kappa shape index (κ3) is 4.03. The lowest BCUT2D eigenvalue weighted by Crippen LogP contribution is -2.13. The Bertz CT molecular complexity index is 1390. The number of aryl methyl sites for hydroxylation is 1. The van der Waals surface area contributed by atoms with Gasteiger partial charge in [0.05, 0.1) is 24.0 Å². The molecule has 0 aliphatic heterocycles. The van der Waals surface area contributed by atoms with Gasteiger partial charge in [-0.1, -0.05) is 12.1 Å². The molecule has 0 bridgehead atoms. The fourth-order valence-corrected chi connectivity index (χ4v) is 4.02. The van der Waals surface area contributed by atoms with Crippen LogP contribution in [0.15, 0.2) is 73.3 Å². The van der Waals surface area contributed by atoms with Crippen LogP contribution in [0.25, 0.3) is 27.8 Å². The predicted octanol–water partition coefficient (Wildman–Crippen LogP) is 4.85. The smallest absolute Gasteiger partial charge is 0.147 e. The molecule has 2 aromatic carbocycles. The monoisotopic (exact) mass is 442 g/mol. The minimum atomic E-state index is -0.262. The van der Waals surface area contributed by atoms with Crippen LogP contribution in [-0.4, -0.2) is 38.0 Å². The number of fused-ring (bicyclic) bond motifs is 1. The van der Waals surface area contributed by atoms with Crippen LogP contribution in [0, 0.1) is 12.7 Å². The van der Waals surface area contributed by atoms with Crippen molar-refractivity contribution in [1.29, 1.82) is 0 Å². The summed E-state index contributed by atoms with van der Waals surface area (Å²) in [6.45, 7) is 3.13. The SMILES string of the molecule is COc1ccc(F)c2c1cc(C)n2CCNc1cc(-c2ccc(-n3cccn3)cc2)ncn1. The van der Waals surface area contributed by atoms with Gasteiger partial charge >= 0.3 is 0 Å². The second-order valence-electron chi connectivity index (χ2n) is 7.66. The van der Waals surface area contributed by atoms with E-state index in [-0.39, 0.29) is 5.82 Å². The maximum Gasteiger partial charge on any atom is 0.147 e. The summed E-state index contributed by atoms with van der Waals surface area (Å²) in [6, 6.07) is 16.9. The van der Waals surface area contributed by atoms with E-state index in [4.69, 9.17) is 4.74 Å².